The Kier molecular flexibility index (Phi) is 3.26. The third-order valence-electron chi connectivity index (χ3n) is 4.11. The highest BCUT2D eigenvalue weighted by Crippen LogP contribution is 2.34. The Hall–Kier alpha value is -2.83. The van der Waals surface area contributed by atoms with Gasteiger partial charge in [0, 0.05) is 5.56 Å². The molecule has 0 aliphatic heterocycles. The molecular formula is C19H11N3OS2. The second-order valence-electron chi connectivity index (χ2n) is 5.61. The molecule has 0 fully saturated rings. The van der Waals surface area contributed by atoms with Crippen molar-refractivity contribution in [1.29, 1.82) is 0 Å². The van der Waals surface area contributed by atoms with Gasteiger partial charge in [-0.25, -0.2) is 9.97 Å². The van der Waals surface area contributed by atoms with E-state index in [-0.39, 0.29) is 5.91 Å². The van der Waals surface area contributed by atoms with Gasteiger partial charge in [0.25, 0.3) is 5.91 Å². The van der Waals surface area contributed by atoms with Gasteiger partial charge in [-0.3, -0.25) is 10.1 Å². The van der Waals surface area contributed by atoms with Crippen LogP contribution in [-0.2, 0) is 0 Å². The molecule has 0 aliphatic rings. The Morgan fingerprint density at radius 3 is 2.72 bits per heavy atom. The molecule has 5 aromatic rings. The average Bonchev–Trinajstić information content (AvgIpc) is 3.26. The third-order valence-corrected chi connectivity index (χ3v) is 6.10. The summed E-state index contributed by atoms with van der Waals surface area (Å²) in [6.45, 7) is 0. The largest absolute Gasteiger partial charge is 0.298 e. The van der Waals surface area contributed by atoms with E-state index in [9.17, 15) is 4.79 Å². The molecule has 5 rings (SSSR count). The Morgan fingerprint density at radius 1 is 0.920 bits per heavy atom. The maximum atomic E-state index is 12.8. The van der Waals surface area contributed by atoms with Crippen LogP contribution in [-0.4, -0.2) is 15.9 Å². The van der Waals surface area contributed by atoms with Gasteiger partial charge in [-0.1, -0.05) is 47.7 Å². The van der Waals surface area contributed by atoms with Crippen molar-refractivity contribution in [2.24, 2.45) is 0 Å². The van der Waals surface area contributed by atoms with E-state index in [0.717, 1.165) is 31.2 Å². The molecule has 0 saturated heterocycles. The second-order valence-corrected chi connectivity index (χ2v) is 7.47. The number of carbonyl (C=O) groups excluding carboxylic acids is 1. The third kappa shape index (κ3) is 2.38. The molecular weight excluding hydrogens is 350 g/mol. The lowest BCUT2D eigenvalue weighted by Gasteiger charge is -2.05. The zero-order chi connectivity index (χ0) is 16.8. The predicted molar refractivity (Wildman–Crippen MR) is 105 cm³/mol. The minimum Gasteiger partial charge on any atom is -0.298 e. The van der Waals surface area contributed by atoms with Gasteiger partial charge in [0.2, 0.25) is 0 Å². The van der Waals surface area contributed by atoms with Crippen LogP contribution in [0.15, 0.2) is 60.1 Å². The summed E-state index contributed by atoms with van der Waals surface area (Å²) in [5, 5.41) is 5.54. The lowest BCUT2D eigenvalue weighted by atomic mass is 10.0. The summed E-state index contributed by atoms with van der Waals surface area (Å²) in [6.07, 6.45) is 0. The van der Waals surface area contributed by atoms with E-state index >= 15 is 0 Å². The Morgan fingerprint density at radius 2 is 1.76 bits per heavy atom. The normalized spacial score (nSPS) is 11.4. The lowest BCUT2D eigenvalue weighted by molar-refractivity contribution is 0.102. The van der Waals surface area contributed by atoms with Crippen LogP contribution in [0.1, 0.15) is 10.4 Å². The standard InChI is InChI=1S/C19H11N3OS2/c23-18(13-7-3-5-11-4-1-2-6-12(11)13)22-19-21-15-9-8-14-16(17(15)25-19)24-10-20-14/h1-10H,(H,21,22,23). The zero-order valence-corrected chi connectivity index (χ0v) is 14.5. The van der Waals surface area contributed by atoms with Crippen molar-refractivity contribution in [3.63, 3.8) is 0 Å². The Bertz CT molecular complexity index is 1250. The lowest BCUT2D eigenvalue weighted by Crippen LogP contribution is -2.12. The molecule has 120 valence electrons. The predicted octanol–water partition coefficient (Wildman–Crippen LogP) is 5.31. The summed E-state index contributed by atoms with van der Waals surface area (Å²) in [5.74, 6) is -0.142. The molecule has 0 spiro atoms. The van der Waals surface area contributed by atoms with Crippen LogP contribution in [0, 0.1) is 0 Å². The number of hydrogen-bond donors (Lipinski definition) is 1. The number of aromatic nitrogens is 2. The maximum Gasteiger partial charge on any atom is 0.258 e. The molecule has 6 heteroatoms. The van der Waals surface area contributed by atoms with Crippen molar-refractivity contribution in [2.75, 3.05) is 5.32 Å². The number of nitrogens with one attached hydrogen (secondary N) is 1. The summed E-state index contributed by atoms with van der Waals surface area (Å²) in [6, 6.07) is 17.5. The van der Waals surface area contributed by atoms with E-state index < -0.39 is 0 Å². The van der Waals surface area contributed by atoms with Crippen LogP contribution in [0.2, 0.25) is 0 Å². The molecule has 2 heterocycles. The van der Waals surface area contributed by atoms with Crippen LogP contribution < -0.4 is 5.32 Å². The van der Waals surface area contributed by atoms with Crippen molar-refractivity contribution in [1.82, 2.24) is 9.97 Å². The molecule has 0 atom stereocenters. The van der Waals surface area contributed by atoms with Crippen LogP contribution in [0.4, 0.5) is 5.13 Å². The molecule has 2 aromatic heterocycles. The van der Waals surface area contributed by atoms with Crippen molar-refractivity contribution in [3.05, 3.63) is 65.7 Å². The number of rotatable bonds is 2. The van der Waals surface area contributed by atoms with Crippen LogP contribution in [0.3, 0.4) is 0 Å². The highest BCUT2D eigenvalue weighted by Gasteiger charge is 2.14. The molecule has 0 aliphatic carbocycles. The van der Waals surface area contributed by atoms with Crippen molar-refractivity contribution < 1.29 is 4.79 Å². The number of anilines is 1. The Balaban J connectivity index is 1.56. The second kappa shape index (κ2) is 5.61. The van der Waals surface area contributed by atoms with E-state index in [1.54, 1.807) is 11.3 Å². The van der Waals surface area contributed by atoms with Crippen LogP contribution >= 0.6 is 22.7 Å². The van der Waals surface area contributed by atoms with Gasteiger partial charge in [0.15, 0.2) is 5.13 Å². The summed E-state index contributed by atoms with van der Waals surface area (Å²) in [4.78, 5) is 21.6. The fraction of sp³-hybridized carbons (Fsp3) is 0. The van der Waals surface area contributed by atoms with E-state index in [1.165, 1.54) is 11.3 Å². The summed E-state index contributed by atoms with van der Waals surface area (Å²) < 4.78 is 2.17. The fourth-order valence-corrected chi connectivity index (χ4v) is 4.84. The number of hydrogen-bond acceptors (Lipinski definition) is 5. The van der Waals surface area contributed by atoms with E-state index in [0.29, 0.717) is 10.7 Å². The summed E-state index contributed by atoms with van der Waals surface area (Å²) in [7, 11) is 0. The van der Waals surface area contributed by atoms with Gasteiger partial charge in [-0.05, 0) is 29.0 Å². The first-order chi connectivity index (χ1) is 12.3. The van der Waals surface area contributed by atoms with Crippen LogP contribution in [0.5, 0.6) is 0 Å². The van der Waals surface area contributed by atoms with Crippen LogP contribution in [0.25, 0.3) is 31.2 Å². The zero-order valence-electron chi connectivity index (χ0n) is 12.9. The monoisotopic (exact) mass is 361 g/mol. The van der Waals surface area contributed by atoms with E-state index in [4.69, 9.17) is 0 Å². The number of nitrogens with zero attached hydrogens (tertiary/aromatic N) is 2. The molecule has 1 N–H and O–H groups in total. The number of amides is 1. The van der Waals surface area contributed by atoms with E-state index in [2.05, 4.69) is 15.3 Å². The van der Waals surface area contributed by atoms with Gasteiger partial charge < -0.3 is 0 Å². The first-order valence-electron chi connectivity index (χ1n) is 7.71. The first kappa shape index (κ1) is 14.5. The average molecular weight is 361 g/mol. The smallest absolute Gasteiger partial charge is 0.258 e. The molecule has 0 radical (unpaired) electrons. The fourth-order valence-electron chi connectivity index (χ4n) is 2.95. The van der Waals surface area contributed by atoms with Crippen molar-refractivity contribution in [2.45, 2.75) is 0 Å². The van der Waals surface area contributed by atoms with Gasteiger partial charge in [0.05, 0.1) is 25.9 Å². The maximum absolute atomic E-state index is 12.8. The Labute approximate surface area is 150 Å². The summed E-state index contributed by atoms with van der Waals surface area (Å²) >= 11 is 3.08. The topological polar surface area (TPSA) is 54.9 Å². The van der Waals surface area contributed by atoms with Gasteiger partial charge >= 0.3 is 0 Å². The highest BCUT2D eigenvalue weighted by atomic mass is 32.1. The molecule has 0 saturated carbocycles. The number of thiazole rings is 2. The minimum absolute atomic E-state index is 0.142. The van der Waals surface area contributed by atoms with Crippen molar-refractivity contribution >= 4 is 64.9 Å². The van der Waals surface area contributed by atoms with Gasteiger partial charge in [-0.2, -0.15) is 0 Å². The highest BCUT2D eigenvalue weighted by molar-refractivity contribution is 7.28. The van der Waals surface area contributed by atoms with Crippen molar-refractivity contribution in [3.8, 4) is 0 Å². The number of benzene rings is 3. The molecule has 25 heavy (non-hydrogen) atoms. The quantitative estimate of drug-likeness (QED) is 0.463. The van der Waals surface area contributed by atoms with Gasteiger partial charge in [0.1, 0.15) is 0 Å². The number of fused-ring (bicyclic) bond motifs is 4. The molecule has 0 bridgehead atoms. The molecule has 1 amide bonds. The molecule has 0 unspecified atom stereocenters. The summed E-state index contributed by atoms with van der Waals surface area (Å²) in [5.41, 5.74) is 4.33. The molecule has 3 aromatic carbocycles. The SMILES string of the molecule is O=C(Nc1nc2ccc3ncsc3c2s1)c1cccc2ccccc12. The van der Waals surface area contributed by atoms with E-state index in [1.807, 2.05) is 60.1 Å². The number of carbonyl (C=O) groups is 1. The van der Waals surface area contributed by atoms with Gasteiger partial charge in [-0.15, -0.1) is 11.3 Å². The molecule has 4 nitrogen and oxygen atoms in total. The first-order valence-corrected chi connectivity index (χ1v) is 9.41. The minimum atomic E-state index is -0.142.